The molecule has 0 aliphatic carbocycles. The van der Waals surface area contributed by atoms with E-state index in [-0.39, 0.29) is 12.5 Å². The van der Waals surface area contributed by atoms with Crippen LogP contribution in [0.25, 0.3) is 0 Å². The molecule has 0 spiro atoms. The van der Waals surface area contributed by atoms with Gasteiger partial charge in [-0.25, -0.2) is 0 Å². The summed E-state index contributed by atoms with van der Waals surface area (Å²) in [6.07, 6.45) is 0.194. The van der Waals surface area contributed by atoms with Crippen LogP contribution in [0.15, 0.2) is 24.3 Å². The first-order valence-corrected chi connectivity index (χ1v) is 8.00. The first kappa shape index (κ1) is 15.0. The third kappa shape index (κ3) is 2.71. The van der Waals surface area contributed by atoms with E-state index in [0.29, 0.717) is 31.3 Å². The van der Waals surface area contributed by atoms with Crippen LogP contribution in [-0.2, 0) is 36.2 Å². The SMILES string of the molecule is Cn1nc(CNC(=O)C2COc3ccccc3O2)c2c1CCOC2. The van der Waals surface area contributed by atoms with E-state index in [2.05, 4.69) is 10.4 Å². The van der Waals surface area contributed by atoms with Crippen molar-refractivity contribution in [3.8, 4) is 11.5 Å². The zero-order valence-corrected chi connectivity index (χ0v) is 13.4. The third-order valence-corrected chi connectivity index (χ3v) is 4.32. The van der Waals surface area contributed by atoms with Gasteiger partial charge in [0.2, 0.25) is 6.10 Å². The van der Waals surface area contributed by atoms with Crippen LogP contribution in [0.1, 0.15) is 17.0 Å². The molecule has 2 aliphatic rings. The zero-order valence-electron chi connectivity index (χ0n) is 13.4. The van der Waals surface area contributed by atoms with Gasteiger partial charge in [-0.1, -0.05) is 12.1 Å². The summed E-state index contributed by atoms with van der Waals surface area (Å²) in [5.74, 6) is 1.05. The predicted molar refractivity (Wildman–Crippen MR) is 84.8 cm³/mol. The third-order valence-electron chi connectivity index (χ3n) is 4.32. The van der Waals surface area contributed by atoms with Gasteiger partial charge in [0.05, 0.1) is 25.5 Å². The normalized spacial score (nSPS) is 18.8. The number of rotatable bonds is 3. The van der Waals surface area contributed by atoms with Crippen molar-refractivity contribution < 1.29 is 19.0 Å². The molecule has 0 radical (unpaired) electrons. The van der Waals surface area contributed by atoms with Crippen molar-refractivity contribution in [2.45, 2.75) is 25.7 Å². The van der Waals surface area contributed by atoms with Crippen molar-refractivity contribution in [3.05, 3.63) is 41.2 Å². The molecule has 2 aliphatic heterocycles. The summed E-state index contributed by atoms with van der Waals surface area (Å²) in [6.45, 7) is 1.81. The van der Waals surface area contributed by atoms with Gasteiger partial charge in [0, 0.05) is 24.7 Å². The molecule has 7 nitrogen and oxygen atoms in total. The number of carbonyl (C=O) groups excluding carboxylic acids is 1. The molecule has 4 rings (SSSR count). The lowest BCUT2D eigenvalue weighted by Crippen LogP contribution is -2.43. The van der Waals surface area contributed by atoms with Crippen molar-refractivity contribution in [2.75, 3.05) is 13.2 Å². The molecule has 7 heteroatoms. The number of hydrogen-bond donors (Lipinski definition) is 1. The van der Waals surface area contributed by atoms with E-state index in [1.54, 1.807) is 6.07 Å². The summed E-state index contributed by atoms with van der Waals surface area (Å²) >= 11 is 0. The quantitative estimate of drug-likeness (QED) is 0.907. The molecule has 1 unspecified atom stereocenters. The molecule has 1 atom stereocenters. The van der Waals surface area contributed by atoms with Gasteiger partial charge < -0.3 is 19.5 Å². The number of nitrogens with one attached hydrogen (secondary N) is 1. The largest absolute Gasteiger partial charge is 0.485 e. The second kappa shape index (κ2) is 6.16. The first-order valence-electron chi connectivity index (χ1n) is 8.00. The number of aryl methyl sites for hydroxylation is 1. The van der Waals surface area contributed by atoms with Crippen LogP contribution in [0.3, 0.4) is 0 Å². The van der Waals surface area contributed by atoms with Crippen molar-refractivity contribution in [3.63, 3.8) is 0 Å². The van der Waals surface area contributed by atoms with Gasteiger partial charge in [-0.3, -0.25) is 9.48 Å². The molecule has 0 bridgehead atoms. The summed E-state index contributed by atoms with van der Waals surface area (Å²) in [4.78, 5) is 12.4. The van der Waals surface area contributed by atoms with Crippen LogP contribution < -0.4 is 14.8 Å². The lowest BCUT2D eigenvalue weighted by atomic mass is 10.1. The number of fused-ring (bicyclic) bond motifs is 2. The number of benzene rings is 1. The second-order valence-corrected chi connectivity index (χ2v) is 5.88. The first-order chi connectivity index (χ1) is 11.7. The van der Waals surface area contributed by atoms with E-state index in [0.717, 1.165) is 17.7 Å². The smallest absolute Gasteiger partial charge is 0.265 e. The van der Waals surface area contributed by atoms with E-state index in [4.69, 9.17) is 14.2 Å². The Morgan fingerprint density at radius 1 is 1.38 bits per heavy atom. The van der Waals surface area contributed by atoms with Gasteiger partial charge >= 0.3 is 0 Å². The van der Waals surface area contributed by atoms with Crippen molar-refractivity contribution in [2.24, 2.45) is 7.05 Å². The van der Waals surface area contributed by atoms with Crippen LogP contribution >= 0.6 is 0 Å². The maximum absolute atomic E-state index is 12.4. The number of para-hydroxylation sites is 2. The number of hydrogen-bond acceptors (Lipinski definition) is 5. The Kier molecular flexibility index (Phi) is 3.86. The molecule has 0 saturated heterocycles. The predicted octanol–water partition coefficient (Wildman–Crippen LogP) is 0.949. The fourth-order valence-electron chi connectivity index (χ4n) is 3.06. The van der Waals surface area contributed by atoms with Crippen molar-refractivity contribution >= 4 is 5.91 Å². The van der Waals surface area contributed by atoms with E-state index < -0.39 is 6.10 Å². The molecule has 3 heterocycles. The molecule has 1 aromatic carbocycles. The van der Waals surface area contributed by atoms with Crippen LogP contribution in [0.2, 0.25) is 0 Å². The highest BCUT2D eigenvalue weighted by Crippen LogP contribution is 2.30. The Bertz CT molecular complexity index is 771. The van der Waals surface area contributed by atoms with E-state index in [1.807, 2.05) is 29.9 Å². The van der Waals surface area contributed by atoms with Gasteiger partial charge in [0.1, 0.15) is 6.61 Å². The Morgan fingerprint density at radius 3 is 3.08 bits per heavy atom. The van der Waals surface area contributed by atoms with E-state index in [9.17, 15) is 4.79 Å². The number of ether oxygens (including phenoxy) is 3. The van der Waals surface area contributed by atoms with E-state index in [1.165, 1.54) is 5.69 Å². The summed E-state index contributed by atoms with van der Waals surface area (Å²) in [5.41, 5.74) is 3.10. The molecule has 0 fully saturated rings. The summed E-state index contributed by atoms with van der Waals surface area (Å²) < 4.78 is 18.7. The van der Waals surface area contributed by atoms with Gasteiger partial charge in [-0.05, 0) is 12.1 Å². The molecular formula is C17H19N3O4. The van der Waals surface area contributed by atoms with Crippen molar-refractivity contribution in [1.29, 1.82) is 0 Å². The Balaban J connectivity index is 1.41. The molecule has 1 aromatic heterocycles. The highest BCUT2D eigenvalue weighted by molar-refractivity contribution is 5.81. The van der Waals surface area contributed by atoms with Crippen molar-refractivity contribution in [1.82, 2.24) is 15.1 Å². The molecule has 1 amide bonds. The lowest BCUT2D eigenvalue weighted by Gasteiger charge is -2.25. The minimum absolute atomic E-state index is 0.201. The number of nitrogens with zero attached hydrogens (tertiary/aromatic N) is 2. The van der Waals surface area contributed by atoms with Gasteiger partial charge in [0.15, 0.2) is 11.5 Å². The summed E-state index contributed by atoms with van der Waals surface area (Å²) in [6, 6.07) is 7.34. The summed E-state index contributed by atoms with van der Waals surface area (Å²) in [5, 5.41) is 7.38. The topological polar surface area (TPSA) is 74.6 Å². The van der Waals surface area contributed by atoms with Crippen LogP contribution in [0.5, 0.6) is 11.5 Å². The zero-order chi connectivity index (χ0) is 16.5. The van der Waals surface area contributed by atoms with Gasteiger partial charge in [-0.15, -0.1) is 0 Å². The Morgan fingerprint density at radius 2 is 2.21 bits per heavy atom. The van der Waals surface area contributed by atoms with Crippen LogP contribution in [0.4, 0.5) is 0 Å². The fraction of sp³-hybridized carbons (Fsp3) is 0.412. The molecule has 24 heavy (non-hydrogen) atoms. The average Bonchev–Trinajstić information content (AvgIpc) is 2.95. The molecule has 0 saturated carbocycles. The Labute approximate surface area is 139 Å². The van der Waals surface area contributed by atoms with Gasteiger partial charge in [-0.2, -0.15) is 5.10 Å². The monoisotopic (exact) mass is 329 g/mol. The van der Waals surface area contributed by atoms with Crippen LogP contribution in [-0.4, -0.2) is 35.0 Å². The molecule has 126 valence electrons. The fourth-order valence-corrected chi connectivity index (χ4v) is 3.06. The Hall–Kier alpha value is -2.54. The lowest BCUT2D eigenvalue weighted by molar-refractivity contribution is -0.130. The highest BCUT2D eigenvalue weighted by atomic mass is 16.6. The maximum atomic E-state index is 12.4. The average molecular weight is 329 g/mol. The molecule has 1 N–H and O–H groups in total. The molecular weight excluding hydrogens is 310 g/mol. The maximum Gasteiger partial charge on any atom is 0.265 e. The number of aromatic nitrogens is 2. The standard InChI is InChI=1S/C17H19N3O4/c1-20-13-6-7-22-9-11(13)12(19-20)8-18-17(21)16-10-23-14-4-2-3-5-15(14)24-16/h2-5,16H,6-10H2,1H3,(H,18,21). The minimum atomic E-state index is -0.657. The van der Waals surface area contributed by atoms with Gasteiger partial charge in [0.25, 0.3) is 5.91 Å². The number of amides is 1. The minimum Gasteiger partial charge on any atom is -0.485 e. The second-order valence-electron chi connectivity index (χ2n) is 5.88. The highest BCUT2D eigenvalue weighted by Gasteiger charge is 2.28. The van der Waals surface area contributed by atoms with Crippen LogP contribution in [0, 0.1) is 0 Å². The van der Waals surface area contributed by atoms with E-state index >= 15 is 0 Å². The molecule has 2 aromatic rings. The summed E-state index contributed by atoms with van der Waals surface area (Å²) in [7, 11) is 1.92. The number of carbonyl (C=O) groups is 1.